The van der Waals surface area contributed by atoms with E-state index in [1.165, 1.54) is 11.1 Å². The Hall–Kier alpha value is -1.48. The highest BCUT2D eigenvalue weighted by Crippen LogP contribution is 2.33. The molecule has 3 heteroatoms. The first-order chi connectivity index (χ1) is 8.74. The number of halogens is 1. The van der Waals surface area contributed by atoms with E-state index >= 15 is 0 Å². The number of nitrogens with zero attached hydrogens (tertiary/aromatic N) is 1. The lowest BCUT2D eigenvalue weighted by Crippen LogP contribution is -2.30. The summed E-state index contributed by atoms with van der Waals surface area (Å²) in [5.41, 5.74) is 3.68. The molecule has 18 heavy (non-hydrogen) atoms. The van der Waals surface area contributed by atoms with Gasteiger partial charge in [0.25, 0.3) is 0 Å². The summed E-state index contributed by atoms with van der Waals surface area (Å²) < 4.78 is 0.904. The predicted octanol–water partition coefficient (Wildman–Crippen LogP) is 3.72. The van der Waals surface area contributed by atoms with Crippen LogP contribution in [0.15, 0.2) is 46.9 Å². The van der Waals surface area contributed by atoms with Crippen LogP contribution in [0.25, 0.3) is 0 Å². The van der Waals surface area contributed by atoms with Crippen molar-refractivity contribution in [2.75, 3.05) is 11.4 Å². The Balaban J connectivity index is 1.92. The minimum atomic E-state index is 0.337. The average molecular weight is 304 g/mol. The van der Waals surface area contributed by atoms with E-state index in [9.17, 15) is 5.11 Å². The summed E-state index contributed by atoms with van der Waals surface area (Å²) in [5.74, 6) is 0.337. The Bertz CT molecular complexity index is 582. The first-order valence-electron chi connectivity index (χ1n) is 6.04. The summed E-state index contributed by atoms with van der Waals surface area (Å²) in [6.45, 7) is 1.82. The first-order valence-corrected chi connectivity index (χ1v) is 6.83. The second kappa shape index (κ2) is 4.65. The normalized spacial score (nSPS) is 14.4. The van der Waals surface area contributed by atoms with E-state index in [-0.39, 0.29) is 0 Å². The molecule has 0 bridgehead atoms. The number of rotatable bonds is 1. The Morgan fingerprint density at radius 2 is 1.83 bits per heavy atom. The molecular weight excluding hydrogens is 290 g/mol. The van der Waals surface area contributed by atoms with Crippen LogP contribution in [0.3, 0.4) is 0 Å². The minimum Gasteiger partial charge on any atom is -0.506 e. The highest BCUT2D eigenvalue weighted by Gasteiger charge is 2.18. The van der Waals surface area contributed by atoms with E-state index in [1.807, 2.05) is 12.1 Å². The van der Waals surface area contributed by atoms with Crippen molar-refractivity contribution in [1.82, 2.24) is 0 Å². The molecule has 2 nitrogen and oxygen atoms in total. The molecule has 2 aromatic carbocycles. The monoisotopic (exact) mass is 303 g/mol. The fourth-order valence-electron chi connectivity index (χ4n) is 2.47. The van der Waals surface area contributed by atoms with E-state index in [0.717, 1.165) is 29.7 Å². The molecule has 92 valence electrons. The van der Waals surface area contributed by atoms with Crippen molar-refractivity contribution in [1.29, 1.82) is 0 Å². The largest absolute Gasteiger partial charge is 0.506 e. The lowest BCUT2D eigenvalue weighted by molar-refractivity contribution is 0.472. The van der Waals surface area contributed by atoms with Gasteiger partial charge in [-0.2, -0.15) is 0 Å². The molecule has 1 N–H and O–H groups in total. The fourth-order valence-corrected chi connectivity index (χ4v) is 2.81. The van der Waals surface area contributed by atoms with Crippen molar-refractivity contribution >= 4 is 21.6 Å². The number of fused-ring (bicyclic) bond motifs is 1. The van der Waals surface area contributed by atoms with Gasteiger partial charge in [0.15, 0.2) is 0 Å². The molecule has 0 saturated heterocycles. The van der Waals surface area contributed by atoms with Gasteiger partial charge in [-0.15, -0.1) is 0 Å². The van der Waals surface area contributed by atoms with E-state index in [0.29, 0.717) is 5.75 Å². The molecule has 0 amide bonds. The third kappa shape index (κ3) is 2.10. The van der Waals surface area contributed by atoms with Gasteiger partial charge in [0.2, 0.25) is 0 Å². The van der Waals surface area contributed by atoms with Crippen LogP contribution in [0.4, 0.5) is 5.69 Å². The van der Waals surface area contributed by atoms with Gasteiger partial charge in [0, 0.05) is 17.6 Å². The predicted molar refractivity (Wildman–Crippen MR) is 77.0 cm³/mol. The molecule has 0 radical (unpaired) electrons. The number of hydrogen-bond acceptors (Lipinski definition) is 2. The number of aromatic hydroxyl groups is 1. The van der Waals surface area contributed by atoms with Gasteiger partial charge in [-0.1, -0.05) is 40.2 Å². The zero-order valence-electron chi connectivity index (χ0n) is 9.94. The first kappa shape index (κ1) is 11.6. The van der Waals surface area contributed by atoms with Gasteiger partial charge < -0.3 is 10.0 Å². The van der Waals surface area contributed by atoms with Crippen LogP contribution in [0, 0.1) is 0 Å². The van der Waals surface area contributed by atoms with Crippen LogP contribution in [0.2, 0.25) is 0 Å². The third-order valence-electron chi connectivity index (χ3n) is 3.41. The van der Waals surface area contributed by atoms with Crippen LogP contribution in [0.1, 0.15) is 11.1 Å². The minimum absolute atomic E-state index is 0.337. The number of anilines is 1. The summed E-state index contributed by atoms with van der Waals surface area (Å²) in [5, 5.41) is 10.0. The summed E-state index contributed by atoms with van der Waals surface area (Å²) in [6.07, 6.45) is 1.03. The highest BCUT2D eigenvalue weighted by atomic mass is 79.9. The topological polar surface area (TPSA) is 23.5 Å². The van der Waals surface area contributed by atoms with Crippen molar-refractivity contribution in [2.24, 2.45) is 0 Å². The maximum Gasteiger partial charge on any atom is 0.140 e. The molecule has 1 aliphatic heterocycles. The zero-order valence-corrected chi connectivity index (χ0v) is 11.5. The fraction of sp³-hybridized carbons (Fsp3) is 0.200. The lowest BCUT2D eigenvalue weighted by Gasteiger charge is -2.31. The van der Waals surface area contributed by atoms with Gasteiger partial charge in [0.1, 0.15) is 5.75 Å². The Labute approximate surface area is 115 Å². The maximum absolute atomic E-state index is 10.0. The van der Waals surface area contributed by atoms with E-state index < -0.39 is 0 Å². The van der Waals surface area contributed by atoms with Gasteiger partial charge in [-0.05, 0) is 35.7 Å². The van der Waals surface area contributed by atoms with Crippen molar-refractivity contribution < 1.29 is 5.11 Å². The molecule has 0 spiro atoms. The van der Waals surface area contributed by atoms with E-state index in [1.54, 1.807) is 6.07 Å². The molecular formula is C15H14BrNO. The SMILES string of the molecule is Oc1cc(Br)ccc1N1CCc2ccccc2C1. The van der Waals surface area contributed by atoms with E-state index in [2.05, 4.69) is 45.1 Å². The molecule has 0 aliphatic carbocycles. The summed E-state index contributed by atoms with van der Waals surface area (Å²) in [6, 6.07) is 14.2. The smallest absolute Gasteiger partial charge is 0.140 e. The molecule has 0 atom stereocenters. The van der Waals surface area contributed by atoms with Crippen LogP contribution >= 0.6 is 15.9 Å². The van der Waals surface area contributed by atoms with Crippen LogP contribution < -0.4 is 4.90 Å². The highest BCUT2D eigenvalue weighted by molar-refractivity contribution is 9.10. The van der Waals surface area contributed by atoms with E-state index in [4.69, 9.17) is 0 Å². The third-order valence-corrected chi connectivity index (χ3v) is 3.90. The van der Waals surface area contributed by atoms with Gasteiger partial charge in [-0.25, -0.2) is 0 Å². The van der Waals surface area contributed by atoms with Crippen LogP contribution in [-0.2, 0) is 13.0 Å². The molecule has 1 aliphatic rings. The summed E-state index contributed by atoms with van der Waals surface area (Å²) in [4.78, 5) is 2.23. The molecule has 0 fully saturated rings. The quantitative estimate of drug-likeness (QED) is 0.868. The zero-order chi connectivity index (χ0) is 12.5. The Morgan fingerprint density at radius 1 is 1.06 bits per heavy atom. The van der Waals surface area contributed by atoms with Crippen molar-refractivity contribution in [3.8, 4) is 5.75 Å². The van der Waals surface area contributed by atoms with Crippen molar-refractivity contribution in [3.05, 3.63) is 58.1 Å². The lowest BCUT2D eigenvalue weighted by atomic mass is 9.99. The van der Waals surface area contributed by atoms with Gasteiger partial charge in [-0.3, -0.25) is 0 Å². The summed E-state index contributed by atoms with van der Waals surface area (Å²) >= 11 is 3.37. The molecule has 1 heterocycles. The molecule has 0 unspecified atom stereocenters. The van der Waals surface area contributed by atoms with Crippen molar-refractivity contribution in [3.63, 3.8) is 0 Å². The van der Waals surface area contributed by atoms with Crippen LogP contribution in [-0.4, -0.2) is 11.7 Å². The Kier molecular flexibility index (Phi) is 3.00. The summed E-state index contributed by atoms with van der Waals surface area (Å²) in [7, 11) is 0. The Morgan fingerprint density at radius 3 is 2.61 bits per heavy atom. The molecule has 3 rings (SSSR count). The maximum atomic E-state index is 10.0. The number of phenolic OH excluding ortho intramolecular Hbond substituents is 1. The average Bonchev–Trinajstić information content (AvgIpc) is 2.38. The van der Waals surface area contributed by atoms with Gasteiger partial charge in [0.05, 0.1) is 5.69 Å². The second-order valence-corrected chi connectivity index (χ2v) is 5.49. The standard InChI is InChI=1S/C15H14BrNO/c16-13-5-6-14(15(18)9-13)17-8-7-11-3-1-2-4-12(11)10-17/h1-6,9,18H,7-8,10H2. The number of hydrogen-bond donors (Lipinski definition) is 1. The van der Waals surface area contributed by atoms with Crippen LogP contribution in [0.5, 0.6) is 5.75 Å². The number of benzene rings is 2. The van der Waals surface area contributed by atoms with Crippen molar-refractivity contribution in [2.45, 2.75) is 13.0 Å². The van der Waals surface area contributed by atoms with Gasteiger partial charge >= 0.3 is 0 Å². The second-order valence-electron chi connectivity index (χ2n) is 4.57. The molecule has 2 aromatic rings. The molecule has 0 saturated carbocycles. The molecule has 0 aromatic heterocycles. The number of phenols is 1.